The van der Waals surface area contributed by atoms with Crippen LogP contribution in [0.25, 0.3) is 0 Å². The standard InChI is InChI=1S/C19H26N2O2.ClH/c1-4-15(13-20(2)3)21-17(22)12-19(18(21)23)11-7-9-14-8-5-6-10-16(14)19;/h5-6,8,10,15H,4,7,9,11-13H2,1-3H3;1H/t15-,19+;/m1./s1. The molecule has 0 N–H and O–H groups in total. The van der Waals surface area contributed by atoms with Crippen LogP contribution in [0.15, 0.2) is 24.3 Å². The number of hydrogen-bond donors (Lipinski definition) is 0. The second kappa shape index (κ2) is 7.24. The fraction of sp³-hybridized carbons (Fsp3) is 0.579. The lowest BCUT2D eigenvalue weighted by Gasteiger charge is -2.35. The van der Waals surface area contributed by atoms with E-state index in [-0.39, 0.29) is 30.3 Å². The zero-order valence-corrected chi connectivity index (χ0v) is 15.6. The number of likely N-dealkylation sites (N-methyl/N-ethyl adjacent to an activating group) is 1. The second-order valence-corrected chi connectivity index (χ2v) is 7.16. The van der Waals surface area contributed by atoms with E-state index < -0.39 is 5.41 Å². The molecule has 1 aliphatic heterocycles. The molecule has 1 heterocycles. The summed E-state index contributed by atoms with van der Waals surface area (Å²) >= 11 is 0. The molecule has 1 aliphatic carbocycles. The molecule has 0 bridgehead atoms. The lowest BCUT2D eigenvalue weighted by Crippen LogP contribution is -2.48. The van der Waals surface area contributed by atoms with Gasteiger partial charge < -0.3 is 4.90 Å². The summed E-state index contributed by atoms with van der Waals surface area (Å²) in [6, 6.07) is 8.14. The van der Waals surface area contributed by atoms with E-state index in [0.29, 0.717) is 6.42 Å². The van der Waals surface area contributed by atoms with Crippen LogP contribution in [0.1, 0.15) is 43.7 Å². The summed E-state index contributed by atoms with van der Waals surface area (Å²) < 4.78 is 0. The van der Waals surface area contributed by atoms with Crippen LogP contribution in [-0.4, -0.2) is 48.3 Å². The molecule has 4 nitrogen and oxygen atoms in total. The zero-order valence-electron chi connectivity index (χ0n) is 14.7. The number of benzene rings is 1. The van der Waals surface area contributed by atoms with Crippen LogP contribution in [0.2, 0.25) is 0 Å². The van der Waals surface area contributed by atoms with Crippen molar-refractivity contribution in [3.8, 4) is 0 Å². The Morgan fingerprint density at radius 3 is 2.62 bits per heavy atom. The minimum Gasteiger partial charge on any atom is -0.307 e. The largest absolute Gasteiger partial charge is 0.307 e. The van der Waals surface area contributed by atoms with E-state index in [9.17, 15) is 9.59 Å². The van der Waals surface area contributed by atoms with Gasteiger partial charge in [-0.3, -0.25) is 14.5 Å². The minimum absolute atomic E-state index is 0. The number of hydrogen-bond acceptors (Lipinski definition) is 3. The first-order valence-electron chi connectivity index (χ1n) is 8.59. The number of aryl methyl sites for hydroxylation is 1. The molecule has 0 unspecified atom stereocenters. The first-order valence-corrected chi connectivity index (χ1v) is 8.59. The predicted octanol–water partition coefficient (Wildman–Crippen LogP) is 2.78. The quantitative estimate of drug-likeness (QED) is 0.784. The van der Waals surface area contributed by atoms with Crippen molar-refractivity contribution < 1.29 is 9.59 Å². The number of nitrogens with zero attached hydrogens (tertiary/aromatic N) is 2. The fourth-order valence-corrected chi connectivity index (χ4v) is 4.27. The van der Waals surface area contributed by atoms with Gasteiger partial charge in [0.05, 0.1) is 11.5 Å². The number of amides is 2. The number of imide groups is 1. The molecule has 1 fully saturated rings. The van der Waals surface area contributed by atoms with Crippen LogP contribution in [0.4, 0.5) is 0 Å². The summed E-state index contributed by atoms with van der Waals surface area (Å²) in [5.41, 5.74) is 1.72. The van der Waals surface area contributed by atoms with Gasteiger partial charge >= 0.3 is 0 Å². The van der Waals surface area contributed by atoms with E-state index >= 15 is 0 Å². The Kier molecular flexibility index (Phi) is 5.71. The van der Waals surface area contributed by atoms with E-state index in [1.54, 1.807) is 4.90 Å². The van der Waals surface area contributed by atoms with Crippen LogP contribution >= 0.6 is 12.4 Å². The van der Waals surface area contributed by atoms with Crippen molar-refractivity contribution in [3.63, 3.8) is 0 Å². The molecule has 0 aromatic heterocycles. The normalized spacial score (nSPS) is 24.2. The number of rotatable bonds is 4. The molecule has 2 amide bonds. The van der Waals surface area contributed by atoms with E-state index in [0.717, 1.165) is 37.8 Å². The van der Waals surface area contributed by atoms with Crippen molar-refractivity contribution >= 4 is 24.2 Å². The Balaban J connectivity index is 0.00000208. The number of likely N-dealkylation sites (tertiary alicyclic amines) is 1. The van der Waals surface area contributed by atoms with E-state index in [1.165, 1.54) is 5.56 Å². The van der Waals surface area contributed by atoms with Crippen LogP contribution in [-0.2, 0) is 21.4 Å². The van der Waals surface area contributed by atoms with Crippen molar-refractivity contribution in [1.82, 2.24) is 9.80 Å². The van der Waals surface area contributed by atoms with E-state index in [2.05, 4.69) is 24.0 Å². The number of carbonyl (C=O) groups excluding carboxylic acids is 2. The highest BCUT2D eigenvalue weighted by Crippen LogP contribution is 2.46. The molecule has 132 valence electrons. The van der Waals surface area contributed by atoms with Gasteiger partial charge in [0.15, 0.2) is 0 Å². The van der Waals surface area contributed by atoms with Crippen LogP contribution < -0.4 is 0 Å². The van der Waals surface area contributed by atoms with Gasteiger partial charge in [-0.05, 0) is 50.9 Å². The van der Waals surface area contributed by atoms with Crippen LogP contribution in [0, 0.1) is 0 Å². The molecular weight excluding hydrogens is 324 g/mol. The summed E-state index contributed by atoms with van der Waals surface area (Å²) in [5.74, 6) is 0.0313. The lowest BCUT2D eigenvalue weighted by atomic mass is 9.69. The highest BCUT2D eigenvalue weighted by Gasteiger charge is 2.55. The molecule has 0 radical (unpaired) electrons. The summed E-state index contributed by atoms with van der Waals surface area (Å²) in [6.07, 6.45) is 3.92. The van der Waals surface area contributed by atoms with Crippen molar-refractivity contribution in [2.24, 2.45) is 0 Å². The summed E-state index contributed by atoms with van der Waals surface area (Å²) in [6.45, 7) is 2.78. The van der Waals surface area contributed by atoms with Gasteiger partial charge in [0.1, 0.15) is 0 Å². The molecule has 1 aromatic rings. The SMILES string of the molecule is CC[C@H](CN(C)C)N1C(=O)C[C@]2(CCCc3ccccc32)C1=O.Cl. The first kappa shape index (κ1) is 18.9. The maximum atomic E-state index is 13.3. The molecule has 2 aliphatic rings. The van der Waals surface area contributed by atoms with Gasteiger partial charge in [0, 0.05) is 13.0 Å². The molecule has 5 heteroatoms. The van der Waals surface area contributed by atoms with Crippen LogP contribution in [0.3, 0.4) is 0 Å². The number of fused-ring (bicyclic) bond motifs is 2. The van der Waals surface area contributed by atoms with Crippen LogP contribution in [0.5, 0.6) is 0 Å². The summed E-state index contributed by atoms with van der Waals surface area (Å²) in [5, 5.41) is 0. The molecule has 1 aromatic carbocycles. The lowest BCUT2D eigenvalue weighted by molar-refractivity contribution is -0.143. The van der Waals surface area contributed by atoms with Gasteiger partial charge in [-0.25, -0.2) is 0 Å². The third kappa shape index (κ3) is 2.98. The minimum atomic E-state index is -0.605. The van der Waals surface area contributed by atoms with Crippen molar-refractivity contribution in [1.29, 1.82) is 0 Å². The second-order valence-electron chi connectivity index (χ2n) is 7.16. The maximum Gasteiger partial charge on any atom is 0.240 e. The Morgan fingerprint density at radius 2 is 1.96 bits per heavy atom. The molecule has 24 heavy (non-hydrogen) atoms. The molecule has 3 rings (SSSR count). The first-order chi connectivity index (χ1) is 11.0. The zero-order chi connectivity index (χ0) is 16.6. The molecule has 0 saturated carbocycles. The Morgan fingerprint density at radius 1 is 1.25 bits per heavy atom. The van der Waals surface area contributed by atoms with Gasteiger partial charge in [-0.2, -0.15) is 0 Å². The van der Waals surface area contributed by atoms with Crippen molar-refractivity contribution in [2.45, 2.75) is 50.5 Å². The van der Waals surface area contributed by atoms with Gasteiger partial charge in [-0.1, -0.05) is 31.2 Å². The van der Waals surface area contributed by atoms with Gasteiger partial charge in [-0.15, -0.1) is 12.4 Å². The number of halogens is 1. The monoisotopic (exact) mass is 350 g/mol. The predicted molar refractivity (Wildman–Crippen MR) is 97.4 cm³/mol. The topological polar surface area (TPSA) is 40.6 Å². The summed E-state index contributed by atoms with van der Waals surface area (Å²) in [7, 11) is 3.97. The highest BCUT2D eigenvalue weighted by atomic mass is 35.5. The van der Waals surface area contributed by atoms with Crippen molar-refractivity contribution in [2.75, 3.05) is 20.6 Å². The fourth-order valence-electron chi connectivity index (χ4n) is 4.27. The average Bonchev–Trinajstić information content (AvgIpc) is 2.77. The third-order valence-corrected chi connectivity index (χ3v) is 5.34. The third-order valence-electron chi connectivity index (χ3n) is 5.34. The molecule has 2 atom stereocenters. The van der Waals surface area contributed by atoms with Gasteiger partial charge in [0.25, 0.3) is 0 Å². The average molecular weight is 351 g/mol. The summed E-state index contributed by atoms with van der Waals surface area (Å²) in [4.78, 5) is 29.7. The Bertz CT molecular complexity index is 632. The van der Waals surface area contributed by atoms with Crippen molar-refractivity contribution in [3.05, 3.63) is 35.4 Å². The maximum absolute atomic E-state index is 13.3. The molecule has 1 saturated heterocycles. The highest BCUT2D eigenvalue weighted by molar-refractivity contribution is 6.09. The van der Waals surface area contributed by atoms with E-state index in [4.69, 9.17) is 0 Å². The molecular formula is C19H27ClN2O2. The van der Waals surface area contributed by atoms with Gasteiger partial charge in [0.2, 0.25) is 11.8 Å². The number of carbonyl (C=O) groups is 2. The van der Waals surface area contributed by atoms with E-state index in [1.807, 2.05) is 26.2 Å². The smallest absolute Gasteiger partial charge is 0.240 e. The molecule has 1 spiro atoms. The Labute approximate surface area is 150 Å². The Hall–Kier alpha value is -1.39.